The molecule has 3 aromatic heterocycles. The van der Waals surface area contributed by atoms with Crippen molar-refractivity contribution in [3.05, 3.63) is 48.5 Å². The molecule has 6 heteroatoms. The van der Waals surface area contributed by atoms with E-state index in [1.165, 1.54) is 18.5 Å². The van der Waals surface area contributed by atoms with Gasteiger partial charge in [-0.25, -0.2) is 9.97 Å². The number of nitrogens with one attached hydrogen (secondary N) is 1. The van der Waals surface area contributed by atoms with Gasteiger partial charge in [0.2, 0.25) is 0 Å². The van der Waals surface area contributed by atoms with E-state index in [0.717, 1.165) is 68.4 Å². The van der Waals surface area contributed by atoms with E-state index in [9.17, 15) is 0 Å². The van der Waals surface area contributed by atoms with Crippen LogP contribution in [0.5, 0.6) is 11.5 Å². The zero-order valence-electron chi connectivity index (χ0n) is 19.1. The standard InChI is InChI=1S/C25H36N4O2/c1-4-5-8-15-30-21-10-12-24(27-17-21)26-14-7-6-9-16-31-22-11-13-25-28-18-23(20(2)3)29(25)19-22/h10-13,17-20H,4-9,14-16H2,1-3H3,(H,26,27). The van der Waals surface area contributed by atoms with Crippen molar-refractivity contribution in [1.82, 2.24) is 14.4 Å². The Hall–Kier alpha value is -2.76. The van der Waals surface area contributed by atoms with Crippen LogP contribution in [-0.4, -0.2) is 34.1 Å². The first-order chi connectivity index (χ1) is 15.2. The molecule has 0 aliphatic carbocycles. The number of anilines is 1. The number of nitrogens with zero attached hydrogens (tertiary/aromatic N) is 3. The summed E-state index contributed by atoms with van der Waals surface area (Å²) in [4.78, 5) is 8.87. The van der Waals surface area contributed by atoms with Crippen LogP contribution in [0.2, 0.25) is 0 Å². The highest BCUT2D eigenvalue weighted by molar-refractivity contribution is 5.44. The SMILES string of the molecule is CCCCCOc1ccc(NCCCCCOc2ccc3ncc(C(C)C)n3c2)nc1. The average Bonchev–Trinajstić information content (AvgIpc) is 3.20. The van der Waals surface area contributed by atoms with Gasteiger partial charge in [-0.2, -0.15) is 0 Å². The van der Waals surface area contributed by atoms with E-state index in [0.29, 0.717) is 5.92 Å². The summed E-state index contributed by atoms with van der Waals surface area (Å²) in [7, 11) is 0. The quantitative estimate of drug-likeness (QED) is 0.318. The van der Waals surface area contributed by atoms with Crippen molar-refractivity contribution in [2.45, 2.75) is 65.2 Å². The first kappa shape index (κ1) is 22.9. The molecule has 3 heterocycles. The van der Waals surface area contributed by atoms with Gasteiger partial charge in [-0.05, 0) is 55.9 Å². The highest BCUT2D eigenvalue weighted by Gasteiger charge is 2.07. The maximum absolute atomic E-state index is 5.95. The molecule has 0 radical (unpaired) electrons. The second-order valence-corrected chi connectivity index (χ2v) is 8.20. The molecule has 3 rings (SSSR count). The van der Waals surface area contributed by atoms with Crippen LogP contribution < -0.4 is 14.8 Å². The number of aromatic nitrogens is 3. The van der Waals surface area contributed by atoms with Crippen molar-refractivity contribution in [2.24, 2.45) is 0 Å². The van der Waals surface area contributed by atoms with Crippen molar-refractivity contribution >= 4 is 11.5 Å². The van der Waals surface area contributed by atoms with Gasteiger partial charge < -0.3 is 19.2 Å². The Morgan fingerprint density at radius 2 is 1.65 bits per heavy atom. The molecule has 168 valence electrons. The number of imidazole rings is 1. The van der Waals surface area contributed by atoms with Crippen LogP contribution in [0, 0.1) is 0 Å². The van der Waals surface area contributed by atoms with Crippen LogP contribution in [-0.2, 0) is 0 Å². The summed E-state index contributed by atoms with van der Waals surface area (Å²) >= 11 is 0. The third kappa shape index (κ3) is 7.16. The molecule has 0 aliphatic rings. The molecular weight excluding hydrogens is 388 g/mol. The van der Waals surface area contributed by atoms with Gasteiger partial charge in [0, 0.05) is 18.4 Å². The summed E-state index contributed by atoms with van der Waals surface area (Å²) in [6.45, 7) is 8.94. The van der Waals surface area contributed by atoms with Crippen LogP contribution in [0.3, 0.4) is 0 Å². The molecule has 6 nitrogen and oxygen atoms in total. The Kier molecular flexibility index (Phi) is 9.00. The van der Waals surface area contributed by atoms with Gasteiger partial charge >= 0.3 is 0 Å². The Morgan fingerprint density at radius 3 is 2.39 bits per heavy atom. The molecule has 0 atom stereocenters. The van der Waals surface area contributed by atoms with Gasteiger partial charge in [0.15, 0.2) is 0 Å². The van der Waals surface area contributed by atoms with E-state index in [2.05, 4.69) is 40.5 Å². The normalized spacial score (nSPS) is 11.2. The number of fused-ring (bicyclic) bond motifs is 1. The van der Waals surface area contributed by atoms with Crippen LogP contribution >= 0.6 is 0 Å². The zero-order valence-corrected chi connectivity index (χ0v) is 19.1. The van der Waals surface area contributed by atoms with E-state index in [-0.39, 0.29) is 0 Å². The molecule has 0 saturated carbocycles. The molecule has 0 saturated heterocycles. The van der Waals surface area contributed by atoms with E-state index in [1.54, 1.807) is 6.20 Å². The third-order valence-electron chi connectivity index (χ3n) is 5.25. The Balaban J connectivity index is 1.29. The second-order valence-electron chi connectivity index (χ2n) is 8.20. The number of ether oxygens (including phenoxy) is 2. The van der Waals surface area contributed by atoms with Crippen molar-refractivity contribution in [1.29, 1.82) is 0 Å². The van der Waals surface area contributed by atoms with Crippen LogP contribution in [0.15, 0.2) is 42.9 Å². The van der Waals surface area contributed by atoms with Gasteiger partial charge in [-0.3, -0.25) is 0 Å². The maximum atomic E-state index is 5.95. The molecule has 0 aliphatic heterocycles. The molecule has 0 unspecified atom stereocenters. The largest absolute Gasteiger partial charge is 0.492 e. The first-order valence-electron chi connectivity index (χ1n) is 11.6. The number of unbranched alkanes of at least 4 members (excludes halogenated alkanes) is 4. The lowest BCUT2D eigenvalue weighted by Crippen LogP contribution is -2.05. The number of hydrogen-bond donors (Lipinski definition) is 1. The second kappa shape index (κ2) is 12.2. The summed E-state index contributed by atoms with van der Waals surface area (Å²) in [6, 6.07) is 7.98. The Bertz CT molecular complexity index is 906. The van der Waals surface area contributed by atoms with E-state index < -0.39 is 0 Å². The molecule has 0 fully saturated rings. The fraction of sp³-hybridized carbons (Fsp3) is 0.520. The molecule has 0 amide bonds. The molecule has 3 aromatic rings. The molecular formula is C25H36N4O2. The molecule has 1 N–H and O–H groups in total. The lowest BCUT2D eigenvalue weighted by molar-refractivity contribution is 0.304. The van der Waals surface area contributed by atoms with Gasteiger partial charge in [0.05, 0.1) is 25.6 Å². The topological polar surface area (TPSA) is 60.7 Å². The predicted octanol–water partition coefficient (Wildman–Crippen LogP) is 6.08. The van der Waals surface area contributed by atoms with Gasteiger partial charge in [0.25, 0.3) is 0 Å². The highest BCUT2D eigenvalue weighted by atomic mass is 16.5. The lowest BCUT2D eigenvalue weighted by Gasteiger charge is -2.10. The molecule has 0 spiro atoms. The van der Waals surface area contributed by atoms with Gasteiger partial charge in [0.1, 0.15) is 23.0 Å². The molecule has 0 aromatic carbocycles. The predicted molar refractivity (Wildman–Crippen MR) is 126 cm³/mol. The van der Waals surface area contributed by atoms with Crippen LogP contribution in [0.1, 0.15) is 70.9 Å². The highest BCUT2D eigenvalue weighted by Crippen LogP contribution is 2.20. The van der Waals surface area contributed by atoms with Crippen molar-refractivity contribution in [3.63, 3.8) is 0 Å². The smallest absolute Gasteiger partial charge is 0.137 e. The van der Waals surface area contributed by atoms with Crippen molar-refractivity contribution < 1.29 is 9.47 Å². The fourth-order valence-electron chi connectivity index (χ4n) is 3.42. The van der Waals surface area contributed by atoms with Crippen LogP contribution in [0.25, 0.3) is 5.65 Å². The minimum absolute atomic E-state index is 0.432. The maximum Gasteiger partial charge on any atom is 0.137 e. The van der Waals surface area contributed by atoms with E-state index in [1.807, 2.05) is 36.7 Å². The first-order valence-corrected chi connectivity index (χ1v) is 11.6. The molecule has 0 bridgehead atoms. The van der Waals surface area contributed by atoms with Crippen LogP contribution in [0.4, 0.5) is 5.82 Å². The Labute approximate surface area is 186 Å². The number of pyridine rings is 2. The van der Waals surface area contributed by atoms with E-state index in [4.69, 9.17) is 9.47 Å². The monoisotopic (exact) mass is 424 g/mol. The zero-order chi connectivity index (χ0) is 21.9. The average molecular weight is 425 g/mol. The summed E-state index contributed by atoms with van der Waals surface area (Å²) in [5.41, 5.74) is 2.17. The number of hydrogen-bond acceptors (Lipinski definition) is 5. The van der Waals surface area contributed by atoms with Gasteiger partial charge in [-0.1, -0.05) is 33.6 Å². The summed E-state index contributed by atoms with van der Waals surface area (Å²) in [6.07, 6.45) is 12.5. The Morgan fingerprint density at radius 1 is 0.871 bits per heavy atom. The molecule has 31 heavy (non-hydrogen) atoms. The van der Waals surface area contributed by atoms with Crippen molar-refractivity contribution in [3.8, 4) is 11.5 Å². The summed E-state index contributed by atoms with van der Waals surface area (Å²) in [5.74, 6) is 3.06. The minimum Gasteiger partial charge on any atom is -0.492 e. The minimum atomic E-state index is 0.432. The van der Waals surface area contributed by atoms with Gasteiger partial charge in [-0.15, -0.1) is 0 Å². The fourth-order valence-corrected chi connectivity index (χ4v) is 3.42. The lowest BCUT2D eigenvalue weighted by atomic mass is 10.1. The van der Waals surface area contributed by atoms with Crippen molar-refractivity contribution in [2.75, 3.05) is 25.1 Å². The third-order valence-corrected chi connectivity index (χ3v) is 5.25. The summed E-state index contributed by atoms with van der Waals surface area (Å²) < 4.78 is 13.8. The summed E-state index contributed by atoms with van der Waals surface area (Å²) in [5, 5.41) is 3.37. The number of rotatable bonds is 14. The van der Waals surface area contributed by atoms with E-state index >= 15 is 0 Å².